The molecule has 3 aromatic carbocycles. The molecule has 5 nitrogen and oxygen atoms in total. The minimum absolute atomic E-state index is 0.160. The van der Waals surface area contributed by atoms with Gasteiger partial charge in [-0.15, -0.1) is 0 Å². The Morgan fingerprint density at radius 1 is 0.806 bits per heavy atom. The Bertz CT molecular complexity index is 1030. The van der Waals surface area contributed by atoms with E-state index in [2.05, 4.69) is 24.3 Å². The van der Waals surface area contributed by atoms with Gasteiger partial charge in [-0.3, -0.25) is 0 Å². The molecule has 36 heavy (non-hydrogen) atoms. The summed E-state index contributed by atoms with van der Waals surface area (Å²) in [6, 6.07) is 30.3. The number of hydrogen-bond acceptors (Lipinski definition) is 5. The zero-order valence-corrected chi connectivity index (χ0v) is 22.4. The van der Waals surface area contributed by atoms with Crippen LogP contribution in [0.1, 0.15) is 36.5 Å². The van der Waals surface area contributed by atoms with E-state index in [0.717, 1.165) is 16.7 Å². The second-order valence-corrected chi connectivity index (χ2v) is 11.3. The molecule has 190 valence electrons. The molecular weight excluding hydrogens is 519 g/mol. The first kappa shape index (κ1) is 26.7. The van der Waals surface area contributed by atoms with Crippen molar-refractivity contribution in [1.82, 2.24) is 0 Å². The average Bonchev–Trinajstić information content (AvgIpc) is 2.93. The van der Waals surface area contributed by atoms with Gasteiger partial charge in [-0.05, 0) is 0 Å². The molecule has 3 aromatic rings. The van der Waals surface area contributed by atoms with Crippen molar-refractivity contribution in [3.05, 3.63) is 108 Å². The van der Waals surface area contributed by atoms with Gasteiger partial charge in [0.1, 0.15) is 0 Å². The molecule has 4 rings (SSSR count). The van der Waals surface area contributed by atoms with Crippen LogP contribution in [0.5, 0.6) is 0 Å². The predicted octanol–water partition coefficient (Wildman–Crippen LogP) is 5.13. The van der Waals surface area contributed by atoms with Gasteiger partial charge in [0, 0.05) is 0 Å². The topological polar surface area (TPSA) is 54.0 Å². The van der Waals surface area contributed by atoms with Crippen molar-refractivity contribution in [1.29, 1.82) is 0 Å². The van der Waals surface area contributed by atoms with E-state index in [9.17, 15) is 4.79 Å². The third-order valence-corrected chi connectivity index (χ3v) is 8.37. The second kappa shape index (κ2) is 14.4. The van der Waals surface area contributed by atoms with Crippen molar-refractivity contribution < 1.29 is 23.7 Å². The number of carbonyl (C=O) groups is 1. The normalized spacial score (nSPS) is 21.8. The standard InChI is InChI=1S/C30H34O5Se/c1-2-28(31)36-29-18-26(33-20-24-14-8-4-9-15-24)30(34-21-25-16-10-5-11-17-25)27(35-29)22-32-19-23-12-6-3-7-13-23/h3-17,26-27,29-30H,2,18-22H2,1H3/t26-,27-,29-,30+/m1/s1. The summed E-state index contributed by atoms with van der Waals surface area (Å²) >= 11 is -0.273. The van der Waals surface area contributed by atoms with Crippen LogP contribution in [0.4, 0.5) is 0 Å². The van der Waals surface area contributed by atoms with Crippen LogP contribution in [0, 0.1) is 0 Å². The van der Waals surface area contributed by atoms with Crippen LogP contribution in [0.25, 0.3) is 0 Å². The van der Waals surface area contributed by atoms with Crippen molar-refractivity contribution in [2.75, 3.05) is 6.61 Å². The number of rotatable bonds is 13. The van der Waals surface area contributed by atoms with E-state index in [4.69, 9.17) is 18.9 Å². The molecule has 0 aromatic heterocycles. The number of ether oxygens (including phenoxy) is 4. The SMILES string of the molecule is CCC(=O)[Se][C@@H]1C[C@@H](OCc2ccccc2)[C@H](OCc2ccccc2)[C@@H](COCc2ccccc2)O1. The number of benzene rings is 3. The van der Waals surface area contributed by atoms with Gasteiger partial charge in [0.05, 0.1) is 0 Å². The van der Waals surface area contributed by atoms with Gasteiger partial charge in [-0.2, -0.15) is 0 Å². The molecule has 0 radical (unpaired) electrons. The maximum absolute atomic E-state index is 12.3. The third-order valence-electron chi connectivity index (χ3n) is 6.02. The van der Waals surface area contributed by atoms with Gasteiger partial charge in [0.15, 0.2) is 0 Å². The summed E-state index contributed by atoms with van der Waals surface area (Å²) in [5.41, 5.74) is 3.30. The van der Waals surface area contributed by atoms with Gasteiger partial charge in [0.25, 0.3) is 0 Å². The van der Waals surface area contributed by atoms with E-state index in [1.165, 1.54) is 0 Å². The van der Waals surface area contributed by atoms with E-state index < -0.39 is 0 Å². The molecule has 6 heteroatoms. The van der Waals surface area contributed by atoms with Crippen LogP contribution in [-0.2, 0) is 43.6 Å². The summed E-state index contributed by atoms with van der Waals surface area (Å²) in [5.74, 6) is 0. The van der Waals surface area contributed by atoms with Crippen LogP contribution in [0.2, 0.25) is 0 Å². The molecule has 0 amide bonds. The Hall–Kier alpha value is -2.31. The molecule has 0 saturated carbocycles. The molecule has 1 aliphatic heterocycles. The van der Waals surface area contributed by atoms with Gasteiger partial charge >= 0.3 is 221 Å². The summed E-state index contributed by atoms with van der Waals surface area (Å²) in [6.07, 6.45) is 0.313. The average molecular weight is 554 g/mol. The van der Waals surface area contributed by atoms with Crippen LogP contribution in [0.15, 0.2) is 91.0 Å². The summed E-state index contributed by atoms with van der Waals surface area (Å²) in [7, 11) is 0. The van der Waals surface area contributed by atoms with Gasteiger partial charge in [-0.1, -0.05) is 0 Å². The van der Waals surface area contributed by atoms with Crippen molar-refractivity contribution in [2.45, 2.75) is 62.9 Å². The first-order valence-electron chi connectivity index (χ1n) is 12.5. The molecule has 0 aliphatic carbocycles. The summed E-state index contributed by atoms with van der Waals surface area (Å²) in [4.78, 5) is 12.3. The molecule has 0 N–H and O–H groups in total. The fourth-order valence-corrected chi connectivity index (χ4v) is 6.10. The summed E-state index contributed by atoms with van der Waals surface area (Å²) < 4.78 is 25.7. The maximum atomic E-state index is 12.3. The van der Waals surface area contributed by atoms with Crippen molar-refractivity contribution in [3.8, 4) is 0 Å². The van der Waals surface area contributed by atoms with Crippen LogP contribution in [-0.4, -0.2) is 49.6 Å². The molecule has 1 saturated heterocycles. The monoisotopic (exact) mass is 554 g/mol. The van der Waals surface area contributed by atoms with E-state index in [0.29, 0.717) is 39.3 Å². The molecule has 1 fully saturated rings. The third kappa shape index (κ3) is 8.38. The van der Waals surface area contributed by atoms with E-state index in [-0.39, 0.29) is 43.0 Å². The zero-order chi connectivity index (χ0) is 25.0. The summed E-state index contributed by atoms with van der Waals surface area (Å²) in [6.45, 7) is 3.70. The first-order chi connectivity index (χ1) is 17.7. The molecule has 1 heterocycles. The van der Waals surface area contributed by atoms with E-state index in [1.54, 1.807) is 0 Å². The molecule has 0 unspecified atom stereocenters. The number of carbonyl (C=O) groups excluding carboxylic acids is 1. The van der Waals surface area contributed by atoms with Gasteiger partial charge in [0.2, 0.25) is 0 Å². The Morgan fingerprint density at radius 3 is 1.89 bits per heavy atom. The zero-order valence-electron chi connectivity index (χ0n) is 20.7. The van der Waals surface area contributed by atoms with Gasteiger partial charge < -0.3 is 0 Å². The van der Waals surface area contributed by atoms with Crippen molar-refractivity contribution in [2.24, 2.45) is 0 Å². The van der Waals surface area contributed by atoms with Gasteiger partial charge in [-0.25, -0.2) is 0 Å². The van der Waals surface area contributed by atoms with Crippen LogP contribution < -0.4 is 0 Å². The fraction of sp³-hybridized carbons (Fsp3) is 0.367. The molecular formula is C30H34O5Se. The van der Waals surface area contributed by atoms with Crippen molar-refractivity contribution >= 4 is 19.6 Å². The minimum atomic E-state index is -0.330. The Labute approximate surface area is 220 Å². The fourth-order valence-electron chi connectivity index (χ4n) is 4.12. The first-order valence-corrected chi connectivity index (χ1v) is 14.3. The summed E-state index contributed by atoms with van der Waals surface area (Å²) in [5, 5.41) is -0.160. The second-order valence-electron chi connectivity index (χ2n) is 8.78. The number of hydrogen-bond donors (Lipinski definition) is 0. The molecule has 0 bridgehead atoms. The van der Waals surface area contributed by atoms with Crippen LogP contribution in [0.3, 0.4) is 0 Å². The quantitative estimate of drug-likeness (QED) is 0.275. The molecule has 0 spiro atoms. The molecule has 1 aliphatic rings. The predicted molar refractivity (Wildman–Crippen MR) is 140 cm³/mol. The Balaban J connectivity index is 1.49. The van der Waals surface area contributed by atoms with Crippen LogP contribution >= 0.6 is 0 Å². The van der Waals surface area contributed by atoms with E-state index >= 15 is 0 Å². The van der Waals surface area contributed by atoms with Crippen molar-refractivity contribution in [3.63, 3.8) is 0 Å². The molecule has 4 atom stereocenters. The van der Waals surface area contributed by atoms with E-state index in [1.807, 2.05) is 73.7 Å². The Morgan fingerprint density at radius 2 is 1.33 bits per heavy atom. The Kier molecular flexibility index (Phi) is 10.7.